The van der Waals surface area contributed by atoms with Crippen molar-refractivity contribution in [2.45, 2.75) is 6.92 Å². The van der Waals surface area contributed by atoms with E-state index in [2.05, 4.69) is 66.3 Å². The Hall–Kier alpha value is -1.83. The fourth-order valence-corrected chi connectivity index (χ4v) is 4.82. The molecule has 0 aliphatic heterocycles. The van der Waals surface area contributed by atoms with Gasteiger partial charge in [0.2, 0.25) is 0 Å². The van der Waals surface area contributed by atoms with E-state index in [-0.39, 0.29) is 5.57 Å². The second-order valence-corrected chi connectivity index (χ2v) is 8.73. The summed E-state index contributed by atoms with van der Waals surface area (Å²) in [6, 6.07) is 9.24. The molecule has 29 heavy (non-hydrogen) atoms. The minimum atomic E-state index is -0.515. The molecule has 0 saturated heterocycles. The SMILES string of the molecule is C=CCOc1c(I)cc(/C=C(\C#N)C(=O)Nc2c(Br)cc(C)cc2Br)cc1OC. The summed E-state index contributed by atoms with van der Waals surface area (Å²) in [4.78, 5) is 12.7. The van der Waals surface area contributed by atoms with E-state index in [4.69, 9.17) is 9.47 Å². The number of nitrogens with one attached hydrogen (secondary N) is 1. The van der Waals surface area contributed by atoms with Gasteiger partial charge < -0.3 is 14.8 Å². The topological polar surface area (TPSA) is 71.3 Å². The van der Waals surface area contributed by atoms with Crippen LogP contribution in [0.3, 0.4) is 0 Å². The molecule has 0 fully saturated rings. The van der Waals surface area contributed by atoms with Crippen LogP contribution in [0.25, 0.3) is 6.08 Å². The first-order chi connectivity index (χ1) is 13.8. The summed E-state index contributed by atoms with van der Waals surface area (Å²) in [7, 11) is 1.53. The molecule has 1 amide bonds. The predicted molar refractivity (Wildman–Crippen MR) is 130 cm³/mol. The molecule has 5 nitrogen and oxygen atoms in total. The van der Waals surface area contributed by atoms with Crippen LogP contribution in [-0.2, 0) is 4.79 Å². The third kappa shape index (κ3) is 6.07. The Kier molecular flexibility index (Phi) is 8.74. The lowest BCUT2D eigenvalue weighted by Crippen LogP contribution is -2.14. The average molecular weight is 632 g/mol. The van der Waals surface area contributed by atoms with Gasteiger partial charge >= 0.3 is 0 Å². The maximum atomic E-state index is 12.7. The van der Waals surface area contributed by atoms with Crippen molar-refractivity contribution < 1.29 is 14.3 Å². The molecule has 0 radical (unpaired) electrons. The summed E-state index contributed by atoms with van der Waals surface area (Å²) >= 11 is 8.99. The number of benzene rings is 2. The van der Waals surface area contributed by atoms with Gasteiger partial charge in [0.15, 0.2) is 11.5 Å². The highest BCUT2D eigenvalue weighted by atomic mass is 127. The number of hydrogen-bond acceptors (Lipinski definition) is 4. The van der Waals surface area contributed by atoms with Crippen molar-refractivity contribution in [3.63, 3.8) is 0 Å². The first-order valence-electron chi connectivity index (χ1n) is 8.30. The summed E-state index contributed by atoms with van der Waals surface area (Å²) < 4.78 is 13.2. The molecule has 0 atom stereocenters. The second-order valence-electron chi connectivity index (χ2n) is 5.86. The van der Waals surface area contributed by atoms with Crippen LogP contribution in [0.4, 0.5) is 5.69 Å². The second kappa shape index (κ2) is 10.8. The molecule has 2 aromatic carbocycles. The number of carbonyl (C=O) groups is 1. The molecule has 0 heterocycles. The fourth-order valence-electron chi connectivity index (χ4n) is 2.42. The van der Waals surface area contributed by atoms with Crippen molar-refractivity contribution in [3.8, 4) is 17.6 Å². The van der Waals surface area contributed by atoms with Crippen molar-refractivity contribution in [1.29, 1.82) is 5.26 Å². The van der Waals surface area contributed by atoms with Crippen LogP contribution in [0.5, 0.6) is 11.5 Å². The quantitative estimate of drug-likeness (QED) is 0.170. The van der Waals surface area contributed by atoms with Crippen molar-refractivity contribution in [3.05, 3.63) is 66.1 Å². The molecule has 150 valence electrons. The maximum Gasteiger partial charge on any atom is 0.266 e. The van der Waals surface area contributed by atoms with E-state index in [0.29, 0.717) is 29.4 Å². The van der Waals surface area contributed by atoms with Crippen LogP contribution in [-0.4, -0.2) is 19.6 Å². The van der Waals surface area contributed by atoms with Crippen LogP contribution in [0.15, 0.2) is 51.4 Å². The number of nitrogens with zero attached hydrogens (tertiary/aromatic N) is 1. The zero-order valence-electron chi connectivity index (χ0n) is 15.7. The number of hydrogen-bond donors (Lipinski definition) is 1. The Morgan fingerprint density at radius 2 is 1.97 bits per heavy atom. The highest BCUT2D eigenvalue weighted by molar-refractivity contribution is 14.1. The number of anilines is 1. The van der Waals surface area contributed by atoms with Crippen molar-refractivity contribution in [2.24, 2.45) is 0 Å². The Balaban J connectivity index is 2.36. The molecule has 8 heteroatoms. The van der Waals surface area contributed by atoms with E-state index < -0.39 is 5.91 Å². The summed E-state index contributed by atoms with van der Waals surface area (Å²) in [5.41, 5.74) is 2.19. The zero-order valence-corrected chi connectivity index (χ0v) is 21.0. The number of carbonyl (C=O) groups excluding carboxylic acids is 1. The number of amides is 1. The highest BCUT2D eigenvalue weighted by Crippen LogP contribution is 2.35. The van der Waals surface area contributed by atoms with Gasteiger partial charge in [-0.3, -0.25) is 4.79 Å². The van der Waals surface area contributed by atoms with E-state index in [9.17, 15) is 10.1 Å². The van der Waals surface area contributed by atoms with Crippen molar-refractivity contribution in [1.82, 2.24) is 0 Å². The van der Waals surface area contributed by atoms with Gasteiger partial charge in [0.1, 0.15) is 18.2 Å². The van der Waals surface area contributed by atoms with Gasteiger partial charge in [-0.25, -0.2) is 0 Å². The van der Waals surface area contributed by atoms with Gasteiger partial charge in [0.25, 0.3) is 5.91 Å². The normalized spacial score (nSPS) is 10.8. The molecule has 0 bridgehead atoms. The molecule has 2 rings (SSSR count). The number of aryl methyl sites for hydroxylation is 1. The minimum Gasteiger partial charge on any atom is -0.493 e. The molecule has 0 saturated carbocycles. The fraction of sp³-hybridized carbons (Fsp3) is 0.143. The van der Waals surface area contributed by atoms with E-state index in [0.717, 1.165) is 18.1 Å². The third-order valence-electron chi connectivity index (χ3n) is 3.70. The lowest BCUT2D eigenvalue weighted by Gasteiger charge is -2.13. The van der Waals surface area contributed by atoms with Gasteiger partial charge in [-0.2, -0.15) is 5.26 Å². The Labute approximate surface area is 200 Å². The molecular formula is C21H17Br2IN2O3. The summed E-state index contributed by atoms with van der Waals surface area (Å²) in [5, 5.41) is 12.3. The van der Waals surface area contributed by atoms with Crippen LogP contribution in [0.1, 0.15) is 11.1 Å². The van der Waals surface area contributed by atoms with Crippen molar-refractivity contribution >= 4 is 72.1 Å². The Bertz CT molecular complexity index is 1010. The van der Waals surface area contributed by atoms with Crippen molar-refractivity contribution in [2.75, 3.05) is 19.0 Å². The first kappa shape index (κ1) is 23.4. The van der Waals surface area contributed by atoms with Gasteiger partial charge in [0.05, 0.1) is 16.4 Å². The van der Waals surface area contributed by atoms with Gasteiger partial charge in [-0.15, -0.1) is 0 Å². The van der Waals surface area contributed by atoms with Crippen LogP contribution >= 0.6 is 54.5 Å². The molecule has 0 unspecified atom stereocenters. The molecular weight excluding hydrogens is 615 g/mol. The lowest BCUT2D eigenvalue weighted by atomic mass is 10.1. The number of halogens is 3. The molecule has 0 aliphatic rings. The monoisotopic (exact) mass is 630 g/mol. The molecule has 2 aromatic rings. The highest BCUT2D eigenvalue weighted by Gasteiger charge is 2.16. The predicted octanol–water partition coefficient (Wildman–Crippen LogP) is 6.24. The number of methoxy groups -OCH3 is 1. The zero-order chi connectivity index (χ0) is 21.6. The smallest absolute Gasteiger partial charge is 0.266 e. The maximum absolute atomic E-state index is 12.7. The lowest BCUT2D eigenvalue weighted by molar-refractivity contribution is -0.112. The standard InChI is InChI=1S/C21H17Br2IN2O3/c1-4-5-29-20-17(24)9-13(10-18(20)28-3)8-14(11-25)21(27)26-19-15(22)6-12(2)7-16(19)23/h4,6-10H,1,5H2,2-3H3,(H,26,27)/b14-8+. The number of nitriles is 1. The number of rotatable bonds is 7. The molecule has 0 aliphatic carbocycles. The molecule has 0 aromatic heterocycles. The summed E-state index contributed by atoms with van der Waals surface area (Å²) in [5.74, 6) is 0.575. The third-order valence-corrected chi connectivity index (χ3v) is 5.75. The molecule has 0 spiro atoms. The van der Waals surface area contributed by atoms with Crippen LogP contribution < -0.4 is 14.8 Å². The van der Waals surface area contributed by atoms with Crippen LogP contribution in [0, 0.1) is 21.8 Å². The number of ether oxygens (including phenoxy) is 2. The van der Waals surface area contributed by atoms with Gasteiger partial charge in [-0.1, -0.05) is 12.7 Å². The van der Waals surface area contributed by atoms with E-state index in [1.54, 1.807) is 12.1 Å². The Morgan fingerprint density at radius 1 is 1.31 bits per heavy atom. The summed E-state index contributed by atoms with van der Waals surface area (Å²) in [6.45, 7) is 5.92. The van der Waals surface area contributed by atoms with Gasteiger partial charge in [0, 0.05) is 8.95 Å². The van der Waals surface area contributed by atoms with E-state index >= 15 is 0 Å². The van der Waals surface area contributed by atoms with Gasteiger partial charge in [-0.05, 0) is 103 Å². The first-order valence-corrected chi connectivity index (χ1v) is 11.0. The average Bonchev–Trinajstić information content (AvgIpc) is 2.67. The van der Waals surface area contributed by atoms with E-state index in [1.165, 1.54) is 13.2 Å². The van der Waals surface area contributed by atoms with Crippen LogP contribution in [0.2, 0.25) is 0 Å². The molecule has 1 N–H and O–H groups in total. The summed E-state index contributed by atoms with van der Waals surface area (Å²) in [6.07, 6.45) is 3.15. The minimum absolute atomic E-state index is 0.0398. The Morgan fingerprint density at radius 3 is 2.52 bits per heavy atom. The van der Waals surface area contributed by atoms with E-state index in [1.807, 2.05) is 31.2 Å². The largest absolute Gasteiger partial charge is 0.493 e.